The maximum absolute atomic E-state index is 13.2. The van der Waals surface area contributed by atoms with Crippen molar-refractivity contribution in [3.63, 3.8) is 0 Å². The number of nitrogens with one attached hydrogen (secondary N) is 2. The highest BCUT2D eigenvalue weighted by atomic mass is 16.2. The van der Waals surface area contributed by atoms with Crippen LogP contribution in [0.15, 0.2) is 52.4 Å². The summed E-state index contributed by atoms with van der Waals surface area (Å²) in [7, 11) is 0. The Kier molecular flexibility index (Phi) is 4.89. The van der Waals surface area contributed by atoms with Crippen molar-refractivity contribution in [2.24, 2.45) is 0 Å². The number of hydrogen-bond donors (Lipinski definition) is 2. The Morgan fingerprint density at radius 1 is 1.25 bits per heavy atom. The van der Waals surface area contributed by atoms with Crippen molar-refractivity contribution in [1.82, 2.24) is 34.6 Å². The number of carbonyl (C=O) groups is 1. The smallest absolute Gasteiger partial charge is 0.329 e. The molecule has 1 fully saturated rings. The van der Waals surface area contributed by atoms with Gasteiger partial charge in [-0.15, -0.1) is 0 Å². The standard InChI is InChI=1S/C22H21N7O3/c1-2-28-19-17(21(31)27-22(28)32)15(11-16(26-19)13-6-7-13)20(30)24-12-14-5-3-8-23-18(14)29-10-4-9-25-29/h3-5,8-11,13H,2,6-7,12H2,1H3,(H,24,30)(H,27,31,32). The first-order valence-electron chi connectivity index (χ1n) is 10.5. The van der Waals surface area contributed by atoms with Crippen molar-refractivity contribution in [2.45, 2.75) is 38.8 Å². The molecule has 4 aromatic rings. The van der Waals surface area contributed by atoms with Crippen LogP contribution < -0.4 is 16.6 Å². The first kappa shape index (κ1) is 19.9. The van der Waals surface area contributed by atoms with Gasteiger partial charge < -0.3 is 5.32 Å². The SMILES string of the molecule is CCn1c(=O)[nH]c(=O)c2c(C(=O)NCc3cccnc3-n3cccn3)cc(C3CC3)nc21. The Morgan fingerprint density at radius 3 is 2.81 bits per heavy atom. The van der Waals surface area contributed by atoms with E-state index in [0.29, 0.717) is 12.4 Å². The number of pyridine rings is 2. The van der Waals surface area contributed by atoms with E-state index >= 15 is 0 Å². The lowest BCUT2D eigenvalue weighted by Gasteiger charge is -2.13. The van der Waals surface area contributed by atoms with Gasteiger partial charge in [0.15, 0.2) is 11.5 Å². The van der Waals surface area contributed by atoms with Crippen LogP contribution in [0.5, 0.6) is 0 Å². The zero-order chi connectivity index (χ0) is 22.2. The van der Waals surface area contributed by atoms with E-state index in [1.807, 2.05) is 6.07 Å². The number of nitrogens with zero attached hydrogens (tertiary/aromatic N) is 5. The quantitative estimate of drug-likeness (QED) is 0.476. The fraction of sp³-hybridized carbons (Fsp3) is 0.273. The van der Waals surface area contributed by atoms with E-state index in [2.05, 4.69) is 25.4 Å². The van der Waals surface area contributed by atoms with Gasteiger partial charge in [-0.05, 0) is 38.0 Å². The molecule has 0 aliphatic heterocycles. The third-order valence-corrected chi connectivity index (χ3v) is 5.55. The summed E-state index contributed by atoms with van der Waals surface area (Å²) in [5.74, 6) is 0.436. The van der Waals surface area contributed by atoms with Crippen molar-refractivity contribution in [3.8, 4) is 5.82 Å². The summed E-state index contributed by atoms with van der Waals surface area (Å²) in [6.45, 7) is 2.32. The second-order valence-corrected chi connectivity index (χ2v) is 7.69. The molecule has 1 aliphatic carbocycles. The number of carbonyl (C=O) groups excluding carboxylic acids is 1. The molecule has 4 aromatic heterocycles. The molecule has 0 aromatic carbocycles. The van der Waals surface area contributed by atoms with Crippen molar-refractivity contribution in [1.29, 1.82) is 0 Å². The van der Waals surface area contributed by atoms with E-state index in [1.54, 1.807) is 48.4 Å². The molecule has 0 unspecified atom stereocenters. The second kappa shape index (κ2) is 7.88. The van der Waals surface area contributed by atoms with Gasteiger partial charge in [-0.25, -0.2) is 19.4 Å². The van der Waals surface area contributed by atoms with E-state index in [4.69, 9.17) is 0 Å². The van der Waals surface area contributed by atoms with Gasteiger partial charge in [0.25, 0.3) is 11.5 Å². The lowest BCUT2D eigenvalue weighted by Crippen LogP contribution is -2.33. The molecular weight excluding hydrogens is 410 g/mol. The highest BCUT2D eigenvalue weighted by Crippen LogP contribution is 2.39. The number of fused-ring (bicyclic) bond motifs is 1. The van der Waals surface area contributed by atoms with Crippen LogP contribution in [-0.2, 0) is 13.1 Å². The molecule has 162 valence electrons. The lowest BCUT2D eigenvalue weighted by atomic mass is 10.1. The maximum atomic E-state index is 13.2. The highest BCUT2D eigenvalue weighted by Gasteiger charge is 2.28. The van der Waals surface area contributed by atoms with Gasteiger partial charge in [-0.2, -0.15) is 5.10 Å². The first-order chi connectivity index (χ1) is 15.6. The van der Waals surface area contributed by atoms with E-state index in [1.165, 1.54) is 4.57 Å². The van der Waals surface area contributed by atoms with Gasteiger partial charge >= 0.3 is 5.69 Å². The molecule has 4 heterocycles. The molecule has 1 aliphatic rings. The van der Waals surface area contributed by atoms with Gasteiger partial charge in [-0.1, -0.05) is 6.07 Å². The third kappa shape index (κ3) is 3.49. The summed E-state index contributed by atoms with van der Waals surface area (Å²) in [5.41, 5.74) is 0.807. The average Bonchev–Trinajstić information content (AvgIpc) is 3.51. The van der Waals surface area contributed by atoms with Crippen LogP contribution in [-0.4, -0.2) is 35.2 Å². The van der Waals surface area contributed by atoms with Crippen LogP contribution in [0.3, 0.4) is 0 Å². The number of aromatic nitrogens is 6. The Hall–Kier alpha value is -4.08. The van der Waals surface area contributed by atoms with Crippen molar-refractivity contribution < 1.29 is 4.79 Å². The van der Waals surface area contributed by atoms with E-state index in [0.717, 1.165) is 24.1 Å². The van der Waals surface area contributed by atoms with Crippen LogP contribution in [0.25, 0.3) is 16.9 Å². The van der Waals surface area contributed by atoms with E-state index in [9.17, 15) is 14.4 Å². The topological polar surface area (TPSA) is 128 Å². The Morgan fingerprint density at radius 2 is 2.09 bits per heavy atom. The molecule has 0 saturated heterocycles. The van der Waals surface area contributed by atoms with Crippen LogP contribution in [0.4, 0.5) is 0 Å². The van der Waals surface area contributed by atoms with Crippen LogP contribution in [0.2, 0.25) is 0 Å². The van der Waals surface area contributed by atoms with Crippen molar-refractivity contribution >= 4 is 16.9 Å². The van der Waals surface area contributed by atoms with Crippen molar-refractivity contribution in [3.05, 3.63) is 80.5 Å². The van der Waals surface area contributed by atoms with Crippen LogP contribution in [0, 0.1) is 0 Å². The zero-order valence-corrected chi connectivity index (χ0v) is 17.4. The predicted octanol–water partition coefficient (Wildman–Crippen LogP) is 1.49. The maximum Gasteiger partial charge on any atom is 0.329 e. The molecule has 32 heavy (non-hydrogen) atoms. The summed E-state index contributed by atoms with van der Waals surface area (Å²) in [5, 5.41) is 7.21. The van der Waals surface area contributed by atoms with Crippen LogP contribution in [0.1, 0.15) is 47.3 Å². The zero-order valence-electron chi connectivity index (χ0n) is 17.4. The first-order valence-corrected chi connectivity index (χ1v) is 10.5. The molecule has 10 nitrogen and oxygen atoms in total. The van der Waals surface area contributed by atoms with Gasteiger partial charge in [-0.3, -0.25) is 19.1 Å². The molecule has 10 heteroatoms. The fourth-order valence-electron chi connectivity index (χ4n) is 3.79. The number of H-pyrrole nitrogens is 1. The Bertz CT molecular complexity index is 1430. The summed E-state index contributed by atoms with van der Waals surface area (Å²) < 4.78 is 3.01. The van der Waals surface area contributed by atoms with Crippen LogP contribution >= 0.6 is 0 Å². The summed E-state index contributed by atoms with van der Waals surface area (Å²) in [4.78, 5) is 49.4. The van der Waals surface area contributed by atoms with Gasteiger partial charge in [0, 0.05) is 48.9 Å². The highest BCUT2D eigenvalue weighted by molar-refractivity contribution is 6.05. The van der Waals surface area contributed by atoms with Gasteiger partial charge in [0.1, 0.15) is 0 Å². The number of rotatable bonds is 6. The molecule has 0 atom stereocenters. The predicted molar refractivity (Wildman–Crippen MR) is 117 cm³/mol. The average molecular weight is 431 g/mol. The monoisotopic (exact) mass is 431 g/mol. The van der Waals surface area contributed by atoms with Crippen molar-refractivity contribution in [2.75, 3.05) is 0 Å². The number of amides is 1. The largest absolute Gasteiger partial charge is 0.348 e. The molecule has 1 saturated carbocycles. The molecule has 0 spiro atoms. The number of hydrogen-bond acceptors (Lipinski definition) is 6. The Balaban J connectivity index is 1.55. The third-order valence-electron chi connectivity index (χ3n) is 5.55. The van der Waals surface area contributed by atoms with Gasteiger partial charge in [0.2, 0.25) is 0 Å². The lowest BCUT2D eigenvalue weighted by molar-refractivity contribution is 0.0952. The number of aromatic amines is 1. The van der Waals surface area contributed by atoms with E-state index in [-0.39, 0.29) is 29.1 Å². The normalized spacial score (nSPS) is 13.4. The molecule has 1 amide bonds. The summed E-state index contributed by atoms with van der Waals surface area (Å²) >= 11 is 0. The Labute approximate surface area is 182 Å². The molecule has 0 bridgehead atoms. The van der Waals surface area contributed by atoms with Gasteiger partial charge in [0.05, 0.1) is 10.9 Å². The molecule has 2 N–H and O–H groups in total. The summed E-state index contributed by atoms with van der Waals surface area (Å²) in [6, 6.07) is 7.10. The molecular formula is C22H21N7O3. The second-order valence-electron chi connectivity index (χ2n) is 7.69. The minimum absolute atomic E-state index is 0.117. The fourth-order valence-corrected chi connectivity index (χ4v) is 3.79. The number of aryl methyl sites for hydroxylation is 1. The molecule has 5 rings (SSSR count). The minimum Gasteiger partial charge on any atom is -0.348 e. The summed E-state index contributed by atoms with van der Waals surface area (Å²) in [6.07, 6.45) is 7.03. The minimum atomic E-state index is -0.617. The van der Waals surface area contributed by atoms with E-state index < -0.39 is 17.2 Å². The molecule has 0 radical (unpaired) electrons.